The molecule has 0 unspecified atom stereocenters. The minimum atomic E-state index is 0.103. The third-order valence-corrected chi connectivity index (χ3v) is 4.51. The highest BCUT2D eigenvalue weighted by Gasteiger charge is 2.40. The molecular formula is C19H20ClNO. The number of amides is 1. The monoisotopic (exact) mass is 313 g/mol. The van der Waals surface area contributed by atoms with Crippen molar-refractivity contribution in [2.24, 2.45) is 5.41 Å². The van der Waals surface area contributed by atoms with E-state index in [4.69, 9.17) is 11.6 Å². The number of carbonyl (C=O) groups excluding carboxylic acids is 1. The lowest BCUT2D eigenvalue weighted by molar-refractivity contribution is 0.0725. The van der Waals surface area contributed by atoms with Crippen LogP contribution in [0.1, 0.15) is 42.2 Å². The predicted molar refractivity (Wildman–Crippen MR) is 90.1 cm³/mol. The quantitative estimate of drug-likeness (QED) is 0.768. The van der Waals surface area contributed by atoms with E-state index in [0.29, 0.717) is 0 Å². The summed E-state index contributed by atoms with van der Waals surface area (Å²) >= 11 is 5.99. The van der Waals surface area contributed by atoms with Crippen molar-refractivity contribution < 1.29 is 4.79 Å². The van der Waals surface area contributed by atoms with Gasteiger partial charge in [0.25, 0.3) is 5.91 Å². The molecule has 0 aliphatic carbocycles. The summed E-state index contributed by atoms with van der Waals surface area (Å²) < 4.78 is 0. The van der Waals surface area contributed by atoms with Crippen LogP contribution in [0.2, 0.25) is 5.02 Å². The van der Waals surface area contributed by atoms with E-state index in [-0.39, 0.29) is 17.4 Å². The van der Waals surface area contributed by atoms with Crippen molar-refractivity contribution in [2.45, 2.75) is 26.3 Å². The van der Waals surface area contributed by atoms with Gasteiger partial charge in [-0.05, 0) is 41.7 Å². The van der Waals surface area contributed by atoms with Gasteiger partial charge in [-0.2, -0.15) is 0 Å². The molecule has 1 aliphatic rings. The van der Waals surface area contributed by atoms with Crippen molar-refractivity contribution in [1.82, 2.24) is 4.90 Å². The second-order valence-electron chi connectivity index (χ2n) is 6.73. The van der Waals surface area contributed by atoms with Gasteiger partial charge in [-0.25, -0.2) is 0 Å². The SMILES string of the molecule is CC1(C)C[C@H](c2ccc(Cl)cc2)N(C(=O)c2ccccc2)C1. The Morgan fingerprint density at radius 1 is 1.09 bits per heavy atom. The molecule has 3 rings (SSSR count). The average molecular weight is 314 g/mol. The molecule has 2 aromatic rings. The number of halogens is 1. The first kappa shape index (κ1) is 15.1. The fourth-order valence-electron chi connectivity index (χ4n) is 3.21. The normalized spacial score (nSPS) is 20.1. The lowest BCUT2D eigenvalue weighted by atomic mass is 9.89. The van der Waals surface area contributed by atoms with E-state index >= 15 is 0 Å². The molecule has 1 amide bonds. The van der Waals surface area contributed by atoms with Crippen LogP contribution in [0.3, 0.4) is 0 Å². The molecule has 0 N–H and O–H groups in total. The van der Waals surface area contributed by atoms with E-state index < -0.39 is 0 Å². The minimum Gasteiger partial charge on any atom is -0.331 e. The molecular weight excluding hydrogens is 294 g/mol. The fourth-order valence-corrected chi connectivity index (χ4v) is 3.34. The number of hydrogen-bond donors (Lipinski definition) is 0. The third-order valence-electron chi connectivity index (χ3n) is 4.26. The van der Waals surface area contributed by atoms with Crippen LogP contribution >= 0.6 is 11.6 Å². The molecule has 0 spiro atoms. The zero-order chi connectivity index (χ0) is 15.7. The van der Waals surface area contributed by atoms with Crippen molar-refractivity contribution in [1.29, 1.82) is 0 Å². The van der Waals surface area contributed by atoms with Crippen molar-refractivity contribution >= 4 is 17.5 Å². The summed E-state index contributed by atoms with van der Waals surface area (Å²) in [6.45, 7) is 5.20. The molecule has 2 aromatic carbocycles. The van der Waals surface area contributed by atoms with Gasteiger partial charge in [0.1, 0.15) is 0 Å². The molecule has 1 saturated heterocycles. The van der Waals surface area contributed by atoms with Gasteiger partial charge in [-0.1, -0.05) is 55.8 Å². The molecule has 0 radical (unpaired) electrons. The first-order chi connectivity index (χ1) is 10.5. The molecule has 114 valence electrons. The second-order valence-corrected chi connectivity index (χ2v) is 7.17. The Balaban J connectivity index is 1.93. The summed E-state index contributed by atoms with van der Waals surface area (Å²) in [5, 5.41) is 0.724. The van der Waals surface area contributed by atoms with Gasteiger partial charge in [0.15, 0.2) is 0 Å². The van der Waals surface area contributed by atoms with Gasteiger partial charge in [0, 0.05) is 17.1 Å². The number of hydrogen-bond acceptors (Lipinski definition) is 1. The van der Waals surface area contributed by atoms with Gasteiger partial charge >= 0.3 is 0 Å². The molecule has 0 bridgehead atoms. The van der Waals surface area contributed by atoms with Crippen LogP contribution in [-0.4, -0.2) is 17.4 Å². The van der Waals surface area contributed by atoms with Gasteiger partial charge in [-0.15, -0.1) is 0 Å². The summed E-state index contributed by atoms with van der Waals surface area (Å²) in [5.74, 6) is 0.103. The summed E-state index contributed by atoms with van der Waals surface area (Å²) in [4.78, 5) is 14.9. The Bertz CT molecular complexity index is 664. The minimum absolute atomic E-state index is 0.103. The highest BCUT2D eigenvalue weighted by atomic mass is 35.5. The first-order valence-electron chi connectivity index (χ1n) is 7.58. The first-order valence-corrected chi connectivity index (χ1v) is 7.96. The van der Waals surface area contributed by atoms with Crippen molar-refractivity contribution in [3.63, 3.8) is 0 Å². The van der Waals surface area contributed by atoms with Gasteiger partial charge in [-0.3, -0.25) is 4.79 Å². The van der Waals surface area contributed by atoms with E-state index in [1.54, 1.807) is 0 Å². The van der Waals surface area contributed by atoms with Crippen molar-refractivity contribution in [2.75, 3.05) is 6.54 Å². The maximum absolute atomic E-state index is 12.9. The Morgan fingerprint density at radius 3 is 2.36 bits per heavy atom. The van der Waals surface area contributed by atoms with Gasteiger partial charge in [0.05, 0.1) is 6.04 Å². The van der Waals surface area contributed by atoms with Crippen LogP contribution in [-0.2, 0) is 0 Å². The van der Waals surface area contributed by atoms with Crippen LogP contribution in [0.5, 0.6) is 0 Å². The van der Waals surface area contributed by atoms with Crippen LogP contribution < -0.4 is 0 Å². The van der Waals surface area contributed by atoms with E-state index in [2.05, 4.69) is 13.8 Å². The Labute approximate surface area is 136 Å². The largest absolute Gasteiger partial charge is 0.331 e. The van der Waals surface area contributed by atoms with Gasteiger partial charge < -0.3 is 4.90 Å². The fraction of sp³-hybridized carbons (Fsp3) is 0.316. The number of benzene rings is 2. The number of rotatable bonds is 2. The molecule has 22 heavy (non-hydrogen) atoms. The van der Waals surface area contributed by atoms with Crippen LogP contribution in [0.4, 0.5) is 0 Å². The standard InChI is InChI=1S/C19H20ClNO/c1-19(2)12-17(14-8-10-16(20)11-9-14)21(13-19)18(22)15-6-4-3-5-7-15/h3-11,17H,12-13H2,1-2H3/t17-/m1/s1. The molecule has 0 saturated carbocycles. The zero-order valence-corrected chi connectivity index (χ0v) is 13.7. The Morgan fingerprint density at radius 2 is 1.73 bits per heavy atom. The third kappa shape index (κ3) is 3.02. The highest BCUT2D eigenvalue weighted by Crippen LogP contribution is 2.43. The van der Waals surface area contributed by atoms with E-state index in [1.807, 2.05) is 59.5 Å². The van der Waals surface area contributed by atoms with Crippen LogP contribution in [0.25, 0.3) is 0 Å². The summed E-state index contributed by atoms with van der Waals surface area (Å²) in [5.41, 5.74) is 2.02. The molecule has 2 nitrogen and oxygen atoms in total. The van der Waals surface area contributed by atoms with Crippen molar-refractivity contribution in [3.05, 3.63) is 70.7 Å². The topological polar surface area (TPSA) is 20.3 Å². The van der Waals surface area contributed by atoms with Crippen molar-refractivity contribution in [3.8, 4) is 0 Å². The molecule has 1 heterocycles. The maximum atomic E-state index is 12.9. The Hall–Kier alpha value is -1.80. The molecule has 3 heteroatoms. The summed E-state index contributed by atoms with van der Waals surface area (Å²) in [6.07, 6.45) is 0.965. The second kappa shape index (κ2) is 5.77. The molecule has 0 aromatic heterocycles. The zero-order valence-electron chi connectivity index (χ0n) is 12.9. The van der Waals surface area contributed by atoms with Gasteiger partial charge in [0.2, 0.25) is 0 Å². The Kier molecular flexibility index (Phi) is 3.96. The molecule has 1 aliphatic heterocycles. The number of carbonyl (C=O) groups is 1. The molecule has 1 atom stereocenters. The average Bonchev–Trinajstić information content (AvgIpc) is 2.84. The smallest absolute Gasteiger partial charge is 0.254 e. The number of likely N-dealkylation sites (tertiary alicyclic amines) is 1. The van der Waals surface area contributed by atoms with E-state index in [9.17, 15) is 4.79 Å². The maximum Gasteiger partial charge on any atom is 0.254 e. The molecule has 1 fully saturated rings. The predicted octanol–water partition coefficient (Wildman–Crippen LogP) is 4.95. The lowest BCUT2D eigenvalue weighted by Gasteiger charge is -2.25. The summed E-state index contributed by atoms with van der Waals surface area (Å²) in [6, 6.07) is 17.5. The van der Waals surface area contributed by atoms with Crippen LogP contribution in [0, 0.1) is 5.41 Å². The van der Waals surface area contributed by atoms with E-state index in [0.717, 1.165) is 29.1 Å². The summed E-state index contributed by atoms with van der Waals surface area (Å²) in [7, 11) is 0. The number of nitrogens with zero attached hydrogens (tertiary/aromatic N) is 1. The lowest BCUT2D eigenvalue weighted by Crippen LogP contribution is -2.32. The van der Waals surface area contributed by atoms with Crippen LogP contribution in [0.15, 0.2) is 54.6 Å². The van der Waals surface area contributed by atoms with E-state index in [1.165, 1.54) is 0 Å². The highest BCUT2D eigenvalue weighted by molar-refractivity contribution is 6.30.